The quantitative estimate of drug-likeness (QED) is 0.803. The zero-order chi connectivity index (χ0) is 16.2. The summed E-state index contributed by atoms with van der Waals surface area (Å²) in [5.41, 5.74) is 6.89. The number of nitrogens with two attached hydrogens (primary N) is 1. The summed E-state index contributed by atoms with van der Waals surface area (Å²) in [7, 11) is 0. The van der Waals surface area contributed by atoms with E-state index in [-0.39, 0.29) is 11.9 Å². The van der Waals surface area contributed by atoms with Crippen LogP contribution in [0.5, 0.6) is 0 Å². The molecule has 0 spiro atoms. The van der Waals surface area contributed by atoms with E-state index in [1.165, 1.54) is 0 Å². The molecular formula is C16H18BrN5O. The van der Waals surface area contributed by atoms with Crippen molar-refractivity contribution in [3.8, 4) is 0 Å². The van der Waals surface area contributed by atoms with Crippen LogP contribution in [0, 0.1) is 0 Å². The number of carbonyl (C=O) groups is 1. The minimum Gasteiger partial charge on any atom is -0.398 e. The van der Waals surface area contributed by atoms with Gasteiger partial charge in [0.1, 0.15) is 0 Å². The maximum atomic E-state index is 12.4. The van der Waals surface area contributed by atoms with Gasteiger partial charge in [0, 0.05) is 41.7 Å². The number of halogens is 1. The Balaban J connectivity index is 1.66. The van der Waals surface area contributed by atoms with Crippen molar-refractivity contribution in [1.82, 2.24) is 15.3 Å². The predicted molar refractivity (Wildman–Crippen MR) is 93.3 cm³/mol. The lowest BCUT2D eigenvalue weighted by atomic mass is 10.0. The molecule has 7 heteroatoms. The van der Waals surface area contributed by atoms with E-state index in [0.29, 0.717) is 23.7 Å². The van der Waals surface area contributed by atoms with Gasteiger partial charge in [-0.2, -0.15) is 0 Å². The lowest BCUT2D eigenvalue weighted by Crippen LogP contribution is -2.48. The van der Waals surface area contributed by atoms with Crippen molar-refractivity contribution < 1.29 is 4.79 Å². The molecule has 2 heterocycles. The van der Waals surface area contributed by atoms with Gasteiger partial charge in [-0.25, -0.2) is 9.97 Å². The van der Waals surface area contributed by atoms with E-state index >= 15 is 0 Å². The number of carbonyl (C=O) groups excluding carboxylic acids is 1. The maximum Gasteiger partial charge on any atom is 0.253 e. The molecule has 1 amide bonds. The molecule has 3 N–H and O–H groups in total. The molecule has 1 aromatic heterocycles. The van der Waals surface area contributed by atoms with Gasteiger partial charge in [0.05, 0.1) is 5.56 Å². The first-order valence-electron chi connectivity index (χ1n) is 7.51. The third kappa shape index (κ3) is 3.79. The standard InChI is InChI=1S/C16H18BrN5O/c17-11-4-5-13(14(18)9-11)15(23)21-12-3-1-8-22(10-12)16-19-6-2-7-20-16/h2,4-7,9,12H,1,3,8,10,18H2,(H,21,23). The highest BCUT2D eigenvalue weighted by atomic mass is 79.9. The molecule has 1 saturated heterocycles. The van der Waals surface area contributed by atoms with Crippen LogP contribution in [-0.2, 0) is 0 Å². The number of nitrogens with one attached hydrogen (secondary N) is 1. The smallest absolute Gasteiger partial charge is 0.253 e. The molecule has 0 saturated carbocycles. The molecule has 1 unspecified atom stereocenters. The summed E-state index contributed by atoms with van der Waals surface area (Å²) >= 11 is 3.35. The van der Waals surface area contributed by atoms with Crippen LogP contribution in [0.25, 0.3) is 0 Å². The molecule has 1 atom stereocenters. The van der Waals surface area contributed by atoms with Crippen molar-refractivity contribution in [3.63, 3.8) is 0 Å². The fraction of sp³-hybridized carbons (Fsp3) is 0.312. The molecule has 1 fully saturated rings. The number of anilines is 2. The minimum atomic E-state index is -0.143. The third-order valence-corrected chi connectivity index (χ3v) is 4.34. The Bertz CT molecular complexity index is 694. The van der Waals surface area contributed by atoms with Gasteiger partial charge in [-0.15, -0.1) is 0 Å². The number of nitrogen functional groups attached to an aromatic ring is 1. The summed E-state index contributed by atoms with van der Waals surface area (Å²) < 4.78 is 0.858. The average Bonchev–Trinajstić information content (AvgIpc) is 2.56. The predicted octanol–water partition coefficient (Wildman–Crippen LogP) is 2.22. The molecule has 3 rings (SSSR count). The van der Waals surface area contributed by atoms with Gasteiger partial charge in [-0.05, 0) is 37.1 Å². The Kier molecular flexibility index (Phi) is 4.76. The lowest BCUT2D eigenvalue weighted by molar-refractivity contribution is 0.0934. The zero-order valence-electron chi connectivity index (χ0n) is 12.6. The van der Waals surface area contributed by atoms with Crippen LogP contribution >= 0.6 is 15.9 Å². The Morgan fingerprint density at radius 3 is 2.87 bits per heavy atom. The molecule has 1 aromatic carbocycles. The number of aromatic nitrogens is 2. The molecule has 23 heavy (non-hydrogen) atoms. The van der Waals surface area contributed by atoms with E-state index in [1.807, 2.05) is 6.07 Å². The Labute approximate surface area is 143 Å². The van der Waals surface area contributed by atoms with Crippen molar-refractivity contribution in [2.75, 3.05) is 23.7 Å². The molecule has 0 radical (unpaired) electrons. The Hall–Kier alpha value is -2.15. The van der Waals surface area contributed by atoms with Crippen molar-refractivity contribution in [2.24, 2.45) is 0 Å². The number of benzene rings is 1. The highest BCUT2D eigenvalue weighted by Crippen LogP contribution is 2.20. The van der Waals surface area contributed by atoms with E-state index in [2.05, 4.69) is 36.1 Å². The van der Waals surface area contributed by atoms with Crippen LogP contribution in [0.15, 0.2) is 41.1 Å². The number of piperidine rings is 1. The number of hydrogen-bond donors (Lipinski definition) is 2. The SMILES string of the molecule is Nc1cc(Br)ccc1C(=O)NC1CCCN(c2ncccn2)C1. The van der Waals surface area contributed by atoms with Gasteiger partial charge in [-0.3, -0.25) is 4.79 Å². The first-order valence-corrected chi connectivity index (χ1v) is 8.30. The fourth-order valence-corrected chi connectivity index (χ4v) is 3.11. The second kappa shape index (κ2) is 6.95. The second-order valence-electron chi connectivity index (χ2n) is 5.54. The van der Waals surface area contributed by atoms with Crippen LogP contribution in [0.4, 0.5) is 11.6 Å². The van der Waals surface area contributed by atoms with Gasteiger partial charge in [0.25, 0.3) is 5.91 Å². The lowest BCUT2D eigenvalue weighted by Gasteiger charge is -2.33. The summed E-state index contributed by atoms with van der Waals surface area (Å²) in [6.07, 6.45) is 5.38. The van der Waals surface area contributed by atoms with Gasteiger partial charge in [0.2, 0.25) is 5.95 Å². The van der Waals surface area contributed by atoms with Crippen molar-refractivity contribution in [2.45, 2.75) is 18.9 Å². The molecule has 6 nitrogen and oxygen atoms in total. The molecule has 0 aliphatic carbocycles. The summed E-state index contributed by atoms with van der Waals surface area (Å²) in [5.74, 6) is 0.561. The fourth-order valence-electron chi connectivity index (χ4n) is 2.73. The molecule has 1 aliphatic heterocycles. The van der Waals surface area contributed by atoms with E-state index in [4.69, 9.17) is 5.73 Å². The zero-order valence-corrected chi connectivity index (χ0v) is 14.2. The Morgan fingerprint density at radius 2 is 2.13 bits per heavy atom. The normalized spacial score (nSPS) is 17.8. The maximum absolute atomic E-state index is 12.4. The van der Waals surface area contributed by atoms with Crippen LogP contribution in [0.2, 0.25) is 0 Å². The van der Waals surface area contributed by atoms with Crippen molar-refractivity contribution in [3.05, 3.63) is 46.7 Å². The molecule has 120 valence electrons. The summed E-state index contributed by atoms with van der Waals surface area (Å²) in [5, 5.41) is 3.06. The van der Waals surface area contributed by atoms with E-state index in [0.717, 1.165) is 23.9 Å². The van der Waals surface area contributed by atoms with Crippen LogP contribution in [0.1, 0.15) is 23.2 Å². The summed E-state index contributed by atoms with van der Waals surface area (Å²) in [6, 6.07) is 7.14. The average molecular weight is 376 g/mol. The number of amides is 1. The minimum absolute atomic E-state index is 0.0584. The van der Waals surface area contributed by atoms with Crippen LogP contribution in [-0.4, -0.2) is 35.0 Å². The molecule has 0 bridgehead atoms. The first-order chi connectivity index (χ1) is 11.1. The molecule has 1 aliphatic rings. The summed E-state index contributed by atoms with van der Waals surface area (Å²) in [6.45, 7) is 1.60. The summed E-state index contributed by atoms with van der Waals surface area (Å²) in [4.78, 5) is 23.1. The topological polar surface area (TPSA) is 84.1 Å². The molecular weight excluding hydrogens is 358 g/mol. The first kappa shape index (κ1) is 15.7. The highest BCUT2D eigenvalue weighted by Gasteiger charge is 2.23. The number of nitrogens with zero attached hydrogens (tertiary/aromatic N) is 3. The van der Waals surface area contributed by atoms with Gasteiger partial charge in [-0.1, -0.05) is 15.9 Å². The molecule has 2 aromatic rings. The van der Waals surface area contributed by atoms with Gasteiger partial charge >= 0.3 is 0 Å². The van der Waals surface area contributed by atoms with Crippen LogP contribution in [0.3, 0.4) is 0 Å². The van der Waals surface area contributed by atoms with E-state index in [9.17, 15) is 4.79 Å². The van der Waals surface area contributed by atoms with Crippen molar-refractivity contribution in [1.29, 1.82) is 0 Å². The number of rotatable bonds is 3. The van der Waals surface area contributed by atoms with Gasteiger partial charge < -0.3 is 16.0 Å². The second-order valence-corrected chi connectivity index (χ2v) is 6.45. The largest absolute Gasteiger partial charge is 0.398 e. The Morgan fingerprint density at radius 1 is 1.35 bits per heavy atom. The number of hydrogen-bond acceptors (Lipinski definition) is 5. The van der Waals surface area contributed by atoms with Crippen LogP contribution < -0.4 is 16.0 Å². The van der Waals surface area contributed by atoms with Crippen molar-refractivity contribution >= 4 is 33.5 Å². The van der Waals surface area contributed by atoms with E-state index < -0.39 is 0 Å². The van der Waals surface area contributed by atoms with Gasteiger partial charge in [0.15, 0.2) is 0 Å². The van der Waals surface area contributed by atoms with E-state index in [1.54, 1.807) is 30.6 Å². The monoisotopic (exact) mass is 375 g/mol. The highest BCUT2D eigenvalue weighted by molar-refractivity contribution is 9.10. The third-order valence-electron chi connectivity index (χ3n) is 3.85.